The molecule has 1 aliphatic rings. The highest BCUT2D eigenvalue weighted by Gasteiger charge is 2.38. The number of benzene rings is 2. The summed E-state index contributed by atoms with van der Waals surface area (Å²) in [6, 6.07) is 16.9. The first kappa shape index (κ1) is 42.7. The molecule has 5 rings (SSSR count). The predicted octanol–water partition coefficient (Wildman–Crippen LogP) is 9.51. The lowest BCUT2D eigenvalue weighted by Crippen LogP contribution is -2.27. The van der Waals surface area contributed by atoms with Gasteiger partial charge in [-0.2, -0.15) is 0 Å². The lowest BCUT2D eigenvalue weighted by Gasteiger charge is -2.26. The fourth-order valence-electron chi connectivity index (χ4n) is 6.06. The van der Waals surface area contributed by atoms with Crippen LogP contribution in [0.25, 0.3) is 0 Å². The van der Waals surface area contributed by atoms with E-state index in [0.29, 0.717) is 42.3 Å². The average Bonchev–Trinajstić information content (AvgIpc) is 3.86. The Morgan fingerprint density at radius 2 is 1.24 bits per heavy atom. The lowest BCUT2D eigenvalue weighted by atomic mass is 9.79. The molecule has 0 spiro atoms. The average molecular weight is 832 g/mol. The summed E-state index contributed by atoms with van der Waals surface area (Å²) in [6.07, 6.45) is 5.03. The molecule has 4 N–H and O–H groups in total. The van der Waals surface area contributed by atoms with Crippen molar-refractivity contribution in [1.82, 2.24) is 0 Å². The van der Waals surface area contributed by atoms with Crippen molar-refractivity contribution in [3.8, 4) is 0 Å². The Balaban J connectivity index is 0.000000244. The Kier molecular flexibility index (Phi) is 15.9. The molecular weight excluding hydrogens is 792 g/mol. The topological polar surface area (TPSA) is 167 Å². The highest BCUT2D eigenvalue weighted by Crippen LogP contribution is 2.44. The molecule has 0 aliphatic heterocycles. The number of ketones is 2. The molecule has 2 heterocycles. The quantitative estimate of drug-likeness (QED) is 0.0805. The van der Waals surface area contributed by atoms with Crippen LogP contribution in [0.4, 0.5) is 10.0 Å². The predicted molar refractivity (Wildman–Crippen MR) is 217 cm³/mol. The van der Waals surface area contributed by atoms with E-state index in [-0.39, 0.29) is 47.7 Å². The summed E-state index contributed by atoms with van der Waals surface area (Å²) in [4.78, 5) is 74.3. The number of aliphatic carboxylic acids is 2. The molecule has 2 aromatic carbocycles. The Hall–Kier alpha value is -4.01. The minimum atomic E-state index is -0.973. The van der Waals surface area contributed by atoms with Crippen LogP contribution in [0.3, 0.4) is 0 Å². The smallest absolute Gasteiger partial charge is 0.313 e. The summed E-state index contributed by atoms with van der Waals surface area (Å²) in [6.45, 7) is 3.96. The van der Waals surface area contributed by atoms with Crippen molar-refractivity contribution in [3.05, 3.63) is 103 Å². The molecule has 2 amide bonds. The molecule has 1 fully saturated rings. The van der Waals surface area contributed by atoms with Gasteiger partial charge in [-0.15, -0.1) is 34.4 Å². The summed E-state index contributed by atoms with van der Waals surface area (Å²) in [7, 11) is 0. The van der Waals surface area contributed by atoms with Gasteiger partial charge in [0, 0.05) is 37.3 Å². The summed E-state index contributed by atoms with van der Waals surface area (Å²) in [5.41, 5.74) is 1.34. The van der Waals surface area contributed by atoms with Gasteiger partial charge >= 0.3 is 11.9 Å². The van der Waals surface area contributed by atoms with Crippen molar-refractivity contribution in [2.75, 3.05) is 22.1 Å². The number of anilines is 2. The molecule has 10 nitrogen and oxygen atoms in total. The van der Waals surface area contributed by atoms with E-state index in [4.69, 9.17) is 28.3 Å². The number of aryl methyl sites for hydroxylation is 2. The molecule has 15 heteroatoms. The van der Waals surface area contributed by atoms with Crippen LogP contribution in [0.5, 0.6) is 0 Å². The van der Waals surface area contributed by atoms with Crippen LogP contribution in [-0.4, -0.2) is 57.0 Å². The third kappa shape index (κ3) is 12.3. The molecule has 1 saturated carbocycles. The highest BCUT2D eigenvalue weighted by molar-refractivity contribution is 8.00. The zero-order chi connectivity index (χ0) is 39.4. The molecule has 54 heavy (non-hydrogen) atoms. The number of hydrogen-bond donors (Lipinski definition) is 4. The number of thiophene rings is 2. The SMILES string of the molecule is CCc1cc(C(=O)c2ccc(Cl)cc2)c(NC(=O)CC2(CC(=O)O)CCCC2)s1.CCc1cc(C(=O)c2cccc(Cl)c2)c(NC(=O)CSCC(=O)O)s1. The first-order chi connectivity index (χ1) is 25.7. The number of nitrogens with one attached hydrogen (secondary N) is 2. The summed E-state index contributed by atoms with van der Waals surface area (Å²) < 4.78 is 0. The first-order valence-electron chi connectivity index (χ1n) is 17.2. The number of halogens is 2. The fraction of sp³-hybridized carbons (Fsp3) is 0.333. The van der Waals surface area contributed by atoms with Crippen LogP contribution < -0.4 is 10.6 Å². The number of carbonyl (C=O) groups is 6. The zero-order valence-electron chi connectivity index (χ0n) is 29.7. The van der Waals surface area contributed by atoms with Crippen LogP contribution in [0.1, 0.15) is 94.0 Å². The van der Waals surface area contributed by atoms with Gasteiger partial charge in [-0.1, -0.05) is 62.0 Å². The van der Waals surface area contributed by atoms with Gasteiger partial charge in [-0.25, -0.2) is 0 Å². The fourth-order valence-corrected chi connectivity index (χ4v) is 8.93. The standard InChI is InChI=1S/C22H24ClNO4S.C17H16ClNO4S2/c1-2-16-11-17(20(28)14-5-7-15(23)8-6-14)21(29-16)24-18(25)12-22(13-19(26)27)9-3-4-10-22;1-2-12-7-13(16(23)10-4-3-5-11(18)6-10)17(25-12)19-14(20)8-24-9-15(21)22/h5-8,11H,2-4,9-10,12-13H2,1H3,(H,24,25)(H,26,27);3-7H,2,8-9H2,1H3,(H,19,20)(H,21,22). The van der Waals surface area contributed by atoms with Crippen LogP contribution in [0.2, 0.25) is 10.0 Å². The molecule has 0 unspecified atom stereocenters. The summed E-state index contributed by atoms with van der Waals surface area (Å²) >= 11 is 15.6. The van der Waals surface area contributed by atoms with Crippen molar-refractivity contribution in [3.63, 3.8) is 0 Å². The highest BCUT2D eigenvalue weighted by atomic mass is 35.5. The van der Waals surface area contributed by atoms with Gasteiger partial charge in [0.25, 0.3) is 0 Å². The Morgan fingerprint density at radius 3 is 1.76 bits per heavy atom. The van der Waals surface area contributed by atoms with Crippen LogP contribution in [0.15, 0.2) is 60.7 Å². The van der Waals surface area contributed by atoms with Crippen molar-refractivity contribution in [2.45, 2.75) is 65.2 Å². The van der Waals surface area contributed by atoms with Gasteiger partial charge in [-0.05, 0) is 79.6 Å². The van der Waals surface area contributed by atoms with Gasteiger partial charge in [0.2, 0.25) is 11.8 Å². The van der Waals surface area contributed by atoms with E-state index in [0.717, 1.165) is 60.0 Å². The number of carboxylic acids is 2. The van der Waals surface area contributed by atoms with Gasteiger partial charge < -0.3 is 20.8 Å². The number of rotatable bonds is 16. The molecule has 0 bridgehead atoms. The van der Waals surface area contributed by atoms with E-state index < -0.39 is 17.4 Å². The van der Waals surface area contributed by atoms with Crippen molar-refractivity contribution in [1.29, 1.82) is 0 Å². The zero-order valence-corrected chi connectivity index (χ0v) is 33.6. The number of carbonyl (C=O) groups excluding carboxylic acids is 4. The second kappa shape index (κ2) is 20.1. The van der Waals surface area contributed by atoms with E-state index in [9.17, 15) is 33.9 Å². The number of thioether (sulfide) groups is 1. The van der Waals surface area contributed by atoms with E-state index in [1.54, 1.807) is 54.6 Å². The van der Waals surface area contributed by atoms with Crippen LogP contribution >= 0.6 is 57.6 Å². The molecule has 0 saturated heterocycles. The van der Waals surface area contributed by atoms with Gasteiger partial charge in [0.05, 0.1) is 29.1 Å². The second-order valence-corrected chi connectivity index (χ2v) is 16.9. The largest absolute Gasteiger partial charge is 0.481 e. The molecule has 0 atom stereocenters. The minimum absolute atomic E-state index is 0.00162. The maximum absolute atomic E-state index is 13.0. The first-order valence-corrected chi connectivity index (χ1v) is 20.7. The third-order valence-electron chi connectivity index (χ3n) is 8.64. The van der Waals surface area contributed by atoms with Gasteiger partial charge in [0.15, 0.2) is 11.6 Å². The second-order valence-electron chi connectivity index (χ2n) is 12.7. The van der Waals surface area contributed by atoms with Gasteiger partial charge in [-0.3, -0.25) is 28.8 Å². The van der Waals surface area contributed by atoms with Crippen molar-refractivity contribution >= 4 is 103 Å². The van der Waals surface area contributed by atoms with Crippen molar-refractivity contribution in [2.24, 2.45) is 5.41 Å². The Bertz CT molecular complexity index is 2000. The van der Waals surface area contributed by atoms with E-state index in [2.05, 4.69) is 10.6 Å². The maximum atomic E-state index is 13.0. The lowest BCUT2D eigenvalue weighted by molar-refractivity contribution is -0.140. The van der Waals surface area contributed by atoms with E-state index in [1.165, 1.54) is 22.7 Å². The van der Waals surface area contributed by atoms with Crippen LogP contribution in [0, 0.1) is 5.41 Å². The number of hydrogen-bond acceptors (Lipinski definition) is 9. The Labute approximate surface area is 335 Å². The molecule has 0 radical (unpaired) electrons. The maximum Gasteiger partial charge on any atom is 0.313 e. The molecule has 4 aromatic rings. The normalized spacial score (nSPS) is 13.0. The van der Waals surface area contributed by atoms with E-state index in [1.807, 2.05) is 19.9 Å². The van der Waals surface area contributed by atoms with Crippen LogP contribution in [-0.2, 0) is 32.0 Å². The monoisotopic (exact) mass is 830 g/mol. The number of amides is 2. The molecule has 286 valence electrons. The number of carboxylic acid groups (broad SMARTS) is 2. The van der Waals surface area contributed by atoms with Gasteiger partial charge in [0.1, 0.15) is 10.0 Å². The molecule has 1 aliphatic carbocycles. The Morgan fingerprint density at radius 1 is 0.685 bits per heavy atom. The minimum Gasteiger partial charge on any atom is -0.481 e. The summed E-state index contributed by atoms with van der Waals surface area (Å²) in [5, 5.41) is 25.5. The molecule has 2 aromatic heterocycles. The summed E-state index contributed by atoms with van der Waals surface area (Å²) in [5.74, 6) is -2.94. The van der Waals surface area contributed by atoms with Crippen molar-refractivity contribution < 1.29 is 39.0 Å². The van der Waals surface area contributed by atoms with E-state index >= 15 is 0 Å². The molecular formula is C39H40Cl2N2O8S3. The third-order valence-corrected chi connectivity index (χ3v) is 12.4.